The molecule has 0 spiro atoms. The predicted octanol–water partition coefficient (Wildman–Crippen LogP) is 2.59. The molecule has 1 aliphatic heterocycles. The second-order valence-corrected chi connectivity index (χ2v) is 6.62. The van der Waals surface area contributed by atoms with Crippen LogP contribution in [0.5, 0.6) is 0 Å². The van der Waals surface area contributed by atoms with Crippen molar-refractivity contribution in [2.75, 3.05) is 7.05 Å². The second kappa shape index (κ2) is 6.94. The third-order valence-corrected chi connectivity index (χ3v) is 4.77. The fourth-order valence-corrected chi connectivity index (χ4v) is 3.24. The fourth-order valence-electron chi connectivity index (χ4n) is 2.25. The maximum Gasteiger partial charge on any atom is 0.266 e. The molecule has 0 radical (unpaired) electrons. The number of hydrogen-bond acceptors (Lipinski definition) is 5. The van der Waals surface area contributed by atoms with E-state index in [-0.39, 0.29) is 11.5 Å². The van der Waals surface area contributed by atoms with E-state index in [1.807, 2.05) is 31.2 Å². The van der Waals surface area contributed by atoms with Crippen LogP contribution >= 0.6 is 11.8 Å². The number of carboxylic acids is 1. The topological polar surface area (TPSA) is 72.8 Å². The van der Waals surface area contributed by atoms with Crippen molar-refractivity contribution in [3.63, 3.8) is 0 Å². The molecule has 3 rings (SSSR count). The minimum absolute atomic E-state index is 0.103. The van der Waals surface area contributed by atoms with Gasteiger partial charge in [0.25, 0.3) is 5.91 Å². The summed E-state index contributed by atoms with van der Waals surface area (Å²) in [4.78, 5) is 29.7. The first-order valence-electron chi connectivity index (χ1n) is 7.58. The Balaban J connectivity index is 1.85. The number of amidine groups is 1. The van der Waals surface area contributed by atoms with Crippen LogP contribution in [0.2, 0.25) is 0 Å². The highest BCUT2D eigenvalue weighted by atomic mass is 32.2. The molecule has 0 unspecified atom stereocenters. The zero-order valence-electron chi connectivity index (χ0n) is 13.7. The van der Waals surface area contributed by atoms with Crippen LogP contribution in [0, 0.1) is 6.92 Å². The van der Waals surface area contributed by atoms with E-state index in [1.165, 1.54) is 28.8 Å². The summed E-state index contributed by atoms with van der Waals surface area (Å²) in [6, 6.07) is 13.9. The van der Waals surface area contributed by atoms with Crippen molar-refractivity contribution in [1.82, 2.24) is 4.90 Å². The van der Waals surface area contributed by atoms with Gasteiger partial charge in [-0.2, -0.15) is 0 Å². The zero-order valence-corrected chi connectivity index (χ0v) is 14.5. The molecular weight excluding hydrogens is 336 g/mol. The second-order valence-electron chi connectivity index (χ2n) is 5.61. The molecule has 0 bridgehead atoms. The van der Waals surface area contributed by atoms with Gasteiger partial charge in [0.05, 0.1) is 16.6 Å². The molecule has 1 heterocycles. The minimum atomic E-state index is -1.22. The lowest BCUT2D eigenvalue weighted by Gasteiger charge is -2.07. The summed E-state index contributed by atoms with van der Waals surface area (Å²) >= 11 is 1.29. The summed E-state index contributed by atoms with van der Waals surface area (Å²) in [5.74, 6) is -1.36. The lowest BCUT2D eigenvalue weighted by atomic mass is 10.1. The van der Waals surface area contributed by atoms with Gasteiger partial charge < -0.3 is 9.90 Å². The van der Waals surface area contributed by atoms with Crippen LogP contribution in [0.15, 0.2) is 58.4 Å². The van der Waals surface area contributed by atoms with Crippen LogP contribution in [0.25, 0.3) is 6.08 Å². The molecule has 1 amide bonds. The van der Waals surface area contributed by atoms with Crippen molar-refractivity contribution >= 4 is 40.6 Å². The van der Waals surface area contributed by atoms with E-state index >= 15 is 0 Å². The number of rotatable bonds is 3. The lowest BCUT2D eigenvalue weighted by molar-refractivity contribution is -0.255. The highest BCUT2D eigenvalue weighted by Crippen LogP contribution is 2.33. The van der Waals surface area contributed by atoms with Gasteiger partial charge in [0, 0.05) is 7.05 Å². The van der Waals surface area contributed by atoms with E-state index in [0.29, 0.717) is 10.1 Å². The van der Waals surface area contributed by atoms with Gasteiger partial charge in [-0.1, -0.05) is 42.0 Å². The van der Waals surface area contributed by atoms with Gasteiger partial charge in [0.2, 0.25) is 0 Å². The summed E-state index contributed by atoms with van der Waals surface area (Å²) in [5.41, 5.74) is 2.78. The van der Waals surface area contributed by atoms with Crippen LogP contribution in [0.1, 0.15) is 21.5 Å². The molecule has 0 saturated carbocycles. The van der Waals surface area contributed by atoms with Crippen LogP contribution in [0.3, 0.4) is 0 Å². The standard InChI is InChI=1S/C19H16N2O3S/c1-12-3-9-15(10-4-12)20-19-21(2)17(22)16(25-19)11-13-5-7-14(8-6-13)18(23)24/h3-11H,1-2H3,(H,23,24)/p-1/b16-11-,20-19?. The highest BCUT2D eigenvalue weighted by molar-refractivity contribution is 8.18. The molecule has 2 aromatic rings. The lowest BCUT2D eigenvalue weighted by Crippen LogP contribution is -2.23. The number of aromatic carboxylic acids is 1. The Hall–Kier alpha value is -2.86. The number of aliphatic imine (C=N–C) groups is 1. The van der Waals surface area contributed by atoms with Crippen LogP contribution in [-0.4, -0.2) is 29.0 Å². The predicted molar refractivity (Wildman–Crippen MR) is 97.4 cm³/mol. The maximum absolute atomic E-state index is 12.4. The number of aryl methyl sites for hydroxylation is 1. The zero-order chi connectivity index (χ0) is 18.0. The quantitative estimate of drug-likeness (QED) is 0.797. The average Bonchev–Trinajstić information content (AvgIpc) is 2.85. The molecule has 1 aliphatic rings. The molecule has 6 heteroatoms. The Morgan fingerprint density at radius 1 is 1.12 bits per heavy atom. The molecule has 25 heavy (non-hydrogen) atoms. The Bertz CT molecular complexity index is 884. The Labute approximate surface area is 149 Å². The van der Waals surface area contributed by atoms with Crippen LogP contribution in [0.4, 0.5) is 5.69 Å². The van der Waals surface area contributed by atoms with Crippen LogP contribution in [-0.2, 0) is 4.79 Å². The summed E-state index contributed by atoms with van der Waals surface area (Å²) in [7, 11) is 1.68. The van der Waals surface area contributed by atoms with E-state index in [4.69, 9.17) is 0 Å². The van der Waals surface area contributed by atoms with E-state index in [0.717, 1.165) is 16.8 Å². The first-order chi connectivity index (χ1) is 11.9. The van der Waals surface area contributed by atoms with E-state index in [9.17, 15) is 14.7 Å². The summed E-state index contributed by atoms with van der Waals surface area (Å²) < 4.78 is 0. The fraction of sp³-hybridized carbons (Fsp3) is 0.105. The number of thioether (sulfide) groups is 1. The number of carbonyl (C=O) groups excluding carboxylic acids is 2. The Morgan fingerprint density at radius 3 is 2.36 bits per heavy atom. The smallest absolute Gasteiger partial charge is 0.266 e. The maximum atomic E-state index is 12.4. The summed E-state index contributed by atoms with van der Waals surface area (Å²) in [5, 5.41) is 11.4. The van der Waals surface area contributed by atoms with Gasteiger partial charge in [0.1, 0.15) is 0 Å². The van der Waals surface area contributed by atoms with E-state index in [1.54, 1.807) is 25.3 Å². The highest BCUT2D eigenvalue weighted by Gasteiger charge is 2.30. The average molecular weight is 351 g/mol. The third kappa shape index (κ3) is 3.80. The molecule has 1 fully saturated rings. The molecule has 0 N–H and O–H groups in total. The molecule has 0 atom stereocenters. The largest absolute Gasteiger partial charge is 0.545 e. The Morgan fingerprint density at radius 2 is 1.76 bits per heavy atom. The number of carbonyl (C=O) groups is 2. The SMILES string of the molecule is Cc1ccc(N=C2S/C(=C\c3ccc(C(=O)[O-])cc3)C(=O)N2C)cc1. The van der Waals surface area contributed by atoms with Gasteiger partial charge in [0.15, 0.2) is 5.17 Å². The van der Waals surface area contributed by atoms with Crippen molar-refractivity contribution < 1.29 is 14.7 Å². The van der Waals surface area contributed by atoms with E-state index in [2.05, 4.69) is 4.99 Å². The molecule has 126 valence electrons. The number of benzene rings is 2. The summed E-state index contributed by atoms with van der Waals surface area (Å²) in [6.45, 7) is 2.00. The van der Waals surface area contributed by atoms with Gasteiger partial charge >= 0.3 is 0 Å². The van der Waals surface area contributed by atoms with E-state index < -0.39 is 5.97 Å². The van der Waals surface area contributed by atoms with Crippen LogP contribution < -0.4 is 5.11 Å². The first-order valence-corrected chi connectivity index (χ1v) is 8.40. The number of likely N-dealkylation sites (N-methyl/N-ethyl adjacent to an activating group) is 1. The molecule has 0 aromatic heterocycles. The van der Waals surface area contributed by atoms with Crippen molar-refractivity contribution in [1.29, 1.82) is 0 Å². The van der Waals surface area contributed by atoms with Gasteiger partial charge in [-0.15, -0.1) is 0 Å². The van der Waals surface area contributed by atoms with Gasteiger partial charge in [-0.05, 0) is 48.0 Å². The molecule has 2 aromatic carbocycles. The monoisotopic (exact) mass is 351 g/mol. The number of hydrogen-bond donors (Lipinski definition) is 0. The van der Waals surface area contributed by atoms with Crippen molar-refractivity contribution in [2.24, 2.45) is 4.99 Å². The number of nitrogens with zero attached hydrogens (tertiary/aromatic N) is 2. The van der Waals surface area contributed by atoms with Crippen molar-refractivity contribution in [3.8, 4) is 0 Å². The normalized spacial score (nSPS) is 17.5. The van der Waals surface area contributed by atoms with Crippen molar-refractivity contribution in [3.05, 3.63) is 70.1 Å². The number of amides is 1. The molecular formula is C19H15N2O3S-. The molecule has 5 nitrogen and oxygen atoms in total. The van der Waals surface area contributed by atoms with Gasteiger partial charge in [-0.25, -0.2) is 4.99 Å². The molecule has 1 saturated heterocycles. The summed E-state index contributed by atoms with van der Waals surface area (Å²) in [6.07, 6.45) is 1.72. The Kier molecular flexibility index (Phi) is 4.72. The number of carboxylic acid groups (broad SMARTS) is 1. The molecule has 0 aliphatic carbocycles. The van der Waals surface area contributed by atoms with Gasteiger partial charge in [-0.3, -0.25) is 9.69 Å². The van der Waals surface area contributed by atoms with Crippen molar-refractivity contribution in [2.45, 2.75) is 6.92 Å². The first kappa shape index (κ1) is 17.0. The minimum Gasteiger partial charge on any atom is -0.545 e. The third-order valence-electron chi connectivity index (χ3n) is 3.71.